The number of hydrogen-bond acceptors (Lipinski definition) is 7. The van der Waals surface area contributed by atoms with Gasteiger partial charge in [-0.1, -0.05) is 0 Å². The third-order valence-corrected chi connectivity index (χ3v) is 7.04. The van der Waals surface area contributed by atoms with Gasteiger partial charge in [-0.2, -0.15) is 5.10 Å². The van der Waals surface area contributed by atoms with Crippen molar-refractivity contribution in [3.05, 3.63) is 59.7 Å². The van der Waals surface area contributed by atoms with E-state index in [1.807, 2.05) is 23.8 Å². The molecule has 4 aromatic rings. The number of H-pyrrole nitrogens is 1. The Hall–Kier alpha value is -3.05. The molecule has 0 spiro atoms. The summed E-state index contributed by atoms with van der Waals surface area (Å²) in [5.41, 5.74) is 3.94. The number of aromatic amines is 1. The van der Waals surface area contributed by atoms with E-state index in [2.05, 4.69) is 25.5 Å². The van der Waals surface area contributed by atoms with Crippen LogP contribution in [-0.2, 0) is 13.0 Å². The second kappa shape index (κ2) is 9.19. The Labute approximate surface area is 206 Å². The van der Waals surface area contributed by atoms with E-state index in [-0.39, 0.29) is 18.2 Å². The highest BCUT2D eigenvalue weighted by Crippen LogP contribution is 2.40. The number of aliphatic hydroxyl groups excluding tert-OH is 2. The molecule has 4 heterocycles. The SMILES string of the molecule is Cc1ncnc2c1ccn2[C@@H]1C[C@H](Oc2cc(-c3cn[nH]c3)c(F)c3c2CNCC3)[C@@H](O)[C@H]1O.Cl. The number of rotatable bonds is 4. The first-order valence-electron chi connectivity index (χ1n) is 11.4. The highest BCUT2D eigenvalue weighted by atomic mass is 35.5. The molecule has 1 aliphatic carbocycles. The number of aryl methyl sites for hydroxylation is 1. The van der Waals surface area contributed by atoms with Crippen LogP contribution < -0.4 is 10.1 Å². The van der Waals surface area contributed by atoms with Gasteiger partial charge in [-0.3, -0.25) is 5.10 Å². The van der Waals surface area contributed by atoms with Gasteiger partial charge in [0.25, 0.3) is 0 Å². The van der Waals surface area contributed by atoms with E-state index in [4.69, 9.17) is 4.74 Å². The summed E-state index contributed by atoms with van der Waals surface area (Å²) < 4.78 is 23.5. The molecule has 6 rings (SSSR count). The van der Waals surface area contributed by atoms with Crippen LogP contribution in [0.1, 0.15) is 29.3 Å². The van der Waals surface area contributed by atoms with Crippen molar-refractivity contribution in [2.24, 2.45) is 0 Å². The van der Waals surface area contributed by atoms with Gasteiger partial charge in [-0.15, -0.1) is 12.4 Å². The number of halogens is 2. The zero-order valence-corrected chi connectivity index (χ0v) is 19.8. The minimum atomic E-state index is -1.11. The smallest absolute Gasteiger partial charge is 0.143 e. The highest BCUT2D eigenvalue weighted by molar-refractivity contribution is 5.85. The summed E-state index contributed by atoms with van der Waals surface area (Å²) in [6, 6.07) is 3.16. The molecule has 0 unspecified atom stereocenters. The number of aromatic nitrogens is 5. The molecular formula is C24H26ClFN6O3. The van der Waals surface area contributed by atoms with Crippen molar-refractivity contribution in [1.29, 1.82) is 0 Å². The maximum atomic E-state index is 15.3. The van der Waals surface area contributed by atoms with Crippen molar-refractivity contribution in [3.63, 3.8) is 0 Å². The highest BCUT2D eigenvalue weighted by Gasteiger charge is 2.45. The number of benzene rings is 1. The molecule has 0 saturated heterocycles. The van der Waals surface area contributed by atoms with Gasteiger partial charge in [-0.05, 0) is 37.6 Å². The molecular weight excluding hydrogens is 475 g/mol. The van der Waals surface area contributed by atoms with E-state index in [1.165, 1.54) is 6.33 Å². The number of nitrogens with zero attached hydrogens (tertiary/aromatic N) is 4. The molecule has 0 amide bonds. The van der Waals surface area contributed by atoms with Gasteiger partial charge in [0.05, 0.1) is 17.9 Å². The van der Waals surface area contributed by atoms with Gasteiger partial charge in [0, 0.05) is 47.4 Å². The van der Waals surface area contributed by atoms with Gasteiger partial charge in [-0.25, -0.2) is 14.4 Å². The Bertz CT molecular complexity index is 1360. The first-order valence-corrected chi connectivity index (χ1v) is 11.4. The number of hydrogen-bond donors (Lipinski definition) is 4. The van der Waals surface area contributed by atoms with Crippen molar-refractivity contribution < 1.29 is 19.3 Å². The van der Waals surface area contributed by atoms with Crippen LogP contribution in [0, 0.1) is 12.7 Å². The average Bonchev–Trinajstić information content (AvgIpc) is 3.58. The first-order chi connectivity index (χ1) is 16.5. The average molecular weight is 501 g/mol. The molecule has 2 aliphatic rings. The predicted octanol–water partition coefficient (Wildman–Crippen LogP) is 2.45. The van der Waals surface area contributed by atoms with Crippen molar-refractivity contribution >= 4 is 23.4 Å². The molecule has 184 valence electrons. The Morgan fingerprint density at radius 3 is 2.86 bits per heavy atom. The van der Waals surface area contributed by atoms with E-state index in [0.717, 1.165) is 16.6 Å². The van der Waals surface area contributed by atoms with Gasteiger partial charge >= 0.3 is 0 Å². The van der Waals surface area contributed by atoms with E-state index >= 15 is 4.39 Å². The molecule has 1 saturated carbocycles. The van der Waals surface area contributed by atoms with Gasteiger partial charge in [0.1, 0.15) is 41.9 Å². The van der Waals surface area contributed by atoms with Crippen LogP contribution >= 0.6 is 12.4 Å². The number of fused-ring (bicyclic) bond motifs is 2. The standard InChI is InChI=1S/C24H25FN6O3.ClH/c1-12-14-3-5-31(24(14)28-11-27-12)18-7-20(23(33)22(18)32)34-19-6-16(13-8-29-30-9-13)21(25)15-2-4-26-10-17(15)19;/h3,5-6,8-9,11,18,20,22-23,26,32-33H,2,4,7,10H2,1H3,(H,29,30);1H/t18-,20+,22+,23-;/m1./s1. The number of aliphatic hydroxyl groups is 2. The normalized spacial score (nSPS) is 23.8. The lowest BCUT2D eigenvalue weighted by atomic mass is 9.94. The second-order valence-electron chi connectivity index (χ2n) is 8.97. The molecule has 4 atom stereocenters. The van der Waals surface area contributed by atoms with E-state index in [9.17, 15) is 10.2 Å². The van der Waals surface area contributed by atoms with Crippen LogP contribution in [0.3, 0.4) is 0 Å². The molecule has 0 radical (unpaired) electrons. The molecule has 35 heavy (non-hydrogen) atoms. The number of nitrogens with one attached hydrogen (secondary N) is 2. The van der Waals surface area contributed by atoms with Crippen LogP contribution in [0.5, 0.6) is 5.75 Å². The maximum absolute atomic E-state index is 15.3. The summed E-state index contributed by atoms with van der Waals surface area (Å²) in [4.78, 5) is 8.61. The first kappa shape index (κ1) is 23.7. The fraction of sp³-hybridized carbons (Fsp3) is 0.375. The molecule has 11 heteroatoms. The Morgan fingerprint density at radius 2 is 2.06 bits per heavy atom. The fourth-order valence-electron chi connectivity index (χ4n) is 5.21. The minimum absolute atomic E-state index is 0. The predicted molar refractivity (Wildman–Crippen MR) is 129 cm³/mol. The van der Waals surface area contributed by atoms with Crippen molar-refractivity contribution in [2.45, 2.75) is 50.7 Å². The van der Waals surface area contributed by atoms with Crippen LogP contribution in [0.25, 0.3) is 22.2 Å². The number of ether oxygens (including phenoxy) is 1. The summed E-state index contributed by atoms with van der Waals surface area (Å²) in [7, 11) is 0. The Morgan fingerprint density at radius 1 is 1.20 bits per heavy atom. The van der Waals surface area contributed by atoms with Gasteiger partial charge in [0.15, 0.2) is 0 Å². The topological polar surface area (TPSA) is 121 Å². The van der Waals surface area contributed by atoms with Crippen LogP contribution in [0.15, 0.2) is 37.1 Å². The van der Waals surface area contributed by atoms with Crippen LogP contribution in [0.2, 0.25) is 0 Å². The lowest BCUT2D eigenvalue weighted by Crippen LogP contribution is -2.35. The molecule has 1 aromatic carbocycles. The molecule has 1 fully saturated rings. The molecule has 9 nitrogen and oxygen atoms in total. The molecule has 3 aromatic heterocycles. The fourth-order valence-corrected chi connectivity index (χ4v) is 5.21. The van der Waals surface area contributed by atoms with Crippen molar-refractivity contribution in [1.82, 2.24) is 30.0 Å². The zero-order valence-electron chi connectivity index (χ0n) is 19.0. The quantitative estimate of drug-likeness (QED) is 0.339. The van der Waals surface area contributed by atoms with E-state index in [1.54, 1.807) is 18.5 Å². The summed E-state index contributed by atoms with van der Waals surface area (Å²) in [6.07, 6.45) is 4.64. The van der Waals surface area contributed by atoms with Crippen LogP contribution in [0.4, 0.5) is 4.39 Å². The van der Waals surface area contributed by atoms with Crippen LogP contribution in [-0.4, -0.2) is 59.8 Å². The minimum Gasteiger partial charge on any atom is -0.487 e. The second-order valence-corrected chi connectivity index (χ2v) is 8.97. The zero-order chi connectivity index (χ0) is 23.4. The van der Waals surface area contributed by atoms with Crippen molar-refractivity contribution in [3.8, 4) is 16.9 Å². The molecule has 0 bridgehead atoms. The molecule has 4 N–H and O–H groups in total. The Balaban J connectivity index is 0.00000253. The summed E-state index contributed by atoms with van der Waals surface area (Å²) in [5, 5.41) is 32.7. The lowest BCUT2D eigenvalue weighted by Gasteiger charge is -2.26. The summed E-state index contributed by atoms with van der Waals surface area (Å²) in [5.74, 6) is 0.233. The lowest BCUT2D eigenvalue weighted by molar-refractivity contribution is -0.0166. The maximum Gasteiger partial charge on any atom is 0.143 e. The van der Waals surface area contributed by atoms with E-state index in [0.29, 0.717) is 54.0 Å². The third kappa shape index (κ3) is 3.86. The van der Waals surface area contributed by atoms with Crippen molar-refractivity contribution in [2.75, 3.05) is 6.54 Å². The summed E-state index contributed by atoms with van der Waals surface area (Å²) in [6.45, 7) is 3.05. The molecule has 1 aliphatic heterocycles. The largest absolute Gasteiger partial charge is 0.487 e. The summed E-state index contributed by atoms with van der Waals surface area (Å²) >= 11 is 0. The van der Waals surface area contributed by atoms with Gasteiger partial charge < -0.3 is 24.8 Å². The van der Waals surface area contributed by atoms with E-state index < -0.39 is 24.4 Å². The van der Waals surface area contributed by atoms with Gasteiger partial charge in [0.2, 0.25) is 0 Å². The third-order valence-electron chi connectivity index (χ3n) is 7.04. The monoisotopic (exact) mass is 500 g/mol. The Kier molecular flexibility index (Phi) is 6.22.